The molecule has 0 fully saturated rings. The SMILES string of the molecule is COc1cc(F)c([N+](=O)[O-])c(Sc2nnc(-c3ccoc3C)o2)c1. The van der Waals surface area contributed by atoms with Crippen molar-refractivity contribution in [1.82, 2.24) is 10.2 Å². The molecule has 0 saturated heterocycles. The molecule has 8 nitrogen and oxygen atoms in total. The van der Waals surface area contributed by atoms with Crippen LogP contribution in [0.3, 0.4) is 0 Å². The van der Waals surface area contributed by atoms with E-state index in [0.717, 1.165) is 17.8 Å². The van der Waals surface area contributed by atoms with Gasteiger partial charge in [-0.15, -0.1) is 10.2 Å². The van der Waals surface area contributed by atoms with Crippen LogP contribution in [-0.2, 0) is 0 Å². The lowest BCUT2D eigenvalue weighted by atomic mass is 10.3. The van der Waals surface area contributed by atoms with E-state index in [1.165, 1.54) is 19.4 Å². The summed E-state index contributed by atoms with van der Waals surface area (Å²) in [6.07, 6.45) is 1.48. The average Bonchev–Trinajstić information content (AvgIpc) is 3.14. The molecule has 124 valence electrons. The molecule has 3 aromatic rings. The highest BCUT2D eigenvalue weighted by molar-refractivity contribution is 7.99. The molecule has 24 heavy (non-hydrogen) atoms. The predicted octanol–water partition coefficient (Wildman–Crippen LogP) is 3.85. The Morgan fingerprint density at radius 1 is 1.38 bits per heavy atom. The first kappa shape index (κ1) is 16.0. The average molecular weight is 351 g/mol. The zero-order chi connectivity index (χ0) is 17.3. The molecule has 0 aliphatic heterocycles. The Morgan fingerprint density at radius 2 is 2.17 bits per heavy atom. The number of nitro benzene ring substituents is 1. The molecule has 0 saturated carbocycles. The molecule has 0 N–H and O–H groups in total. The van der Waals surface area contributed by atoms with Gasteiger partial charge in [0.25, 0.3) is 11.1 Å². The standard InChI is InChI=1S/C14H10FN3O5S/c1-7-9(3-4-22-7)13-16-17-14(23-13)24-11-6-8(21-2)5-10(15)12(11)18(19)20/h3-6H,1-2H3. The van der Waals surface area contributed by atoms with Gasteiger partial charge in [-0.3, -0.25) is 10.1 Å². The highest BCUT2D eigenvalue weighted by atomic mass is 32.2. The van der Waals surface area contributed by atoms with Crippen LogP contribution in [0.2, 0.25) is 0 Å². The summed E-state index contributed by atoms with van der Waals surface area (Å²) in [5, 5.41) is 18.8. The number of hydrogen-bond donors (Lipinski definition) is 0. The minimum Gasteiger partial charge on any atom is -0.497 e. The Hall–Kier alpha value is -2.88. The van der Waals surface area contributed by atoms with E-state index in [1.807, 2.05) is 0 Å². The fraction of sp³-hybridized carbons (Fsp3) is 0.143. The second-order valence-electron chi connectivity index (χ2n) is 4.58. The minimum atomic E-state index is -1.01. The Labute approximate surface area is 138 Å². The van der Waals surface area contributed by atoms with Crippen LogP contribution in [0, 0.1) is 22.9 Å². The van der Waals surface area contributed by atoms with Crippen molar-refractivity contribution < 1.29 is 22.9 Å². The lowest BCUT2D eigenvalue weighted by molar-refractivity contribution is -0.390. The summed E-state index contributed by atoms with van der Waals surface area (Å²) in [6.45, 7) is 1.73. The van der Waals surface area contributed by atoms with E-state index in [-0.39, 0.29) is 21.8 Å². The molecule has 0 spiro atoms. The molecule has 0 bridgehead atoms. The summed E-state index contributed by atoms with van der Waals surface area (Å²) in [4.78, 5) is 10.3. The molecule has 0 aliphatic carbocycles. The third kappa shape index (κ3) is 2.95. The summed E-state index contributed by atoms with van der Waals surface area (Å²) in [7, 11) is 1.33. The third-order valence-corrected chi connectivity index (χ3v) is 3.98. The lowest BCUT2D eigenvalue weighted by Gasteiger charge is -2.04. The largest absolute Gasteiger partial charge is 0.497 e. The number of furan rings is 1. The molecule has 0 amide bonds. The zero-order valence-electron chi connectivity index (χ0n) is 12.5. The van der Waals surface area contributed by atoms with E-state index in [2.05, 4.69) is 10.2 Å². The minimum absolute atomic E-state index is 0.00374. The third-order valence-electron chi connectivity index (χ3n) is 3.11. The predicted molar refractivity (Wildman–Crippen MR) is 80.5 cm³/mol. The van der Waals surface area contributed by atoms with Crippen LogP contribution in [-0.4, -0.2) is 22.2 Å². The number of aryl methyl sites for hydroxylation is 1. The quantitative estimate of drug-likeness (QED) is 0.504. The molecule has 0 atom stereocenters. The molecule has 0 unspecified atom stereocenters. The lowest BCUT2D eigenvalue weighted by Crippen LogP contribution is -1.96. The maximum atomic E-state index is 13.9. The number of hydrogen-bond acceptors (Lipinski definition) is 8. The van der Waals surface area contributed by atoms with Gasteiger partial charge < -0.3 is 13.6 Å². The zero-order valence-corrected chi connectivity index (χ0v) is 13.3. The summed E-state index contributed by atoms with van der Waals surface area (Å²) in [5.74, 6) is -0.0679. The number of aromatic nitrogens is 2. The first-order valence-electron chi connectivity index (χ1n) is 6.57. The Morgan fingerprint density at radius 3 is 2.79 bits per heavy atom. The Kier molecular flexibility index (Phi) is 4.21. The monoisotopic (exact) mass is 351 g/mol. The number of ether oxygens (including phenoxy) is 1. The summed E-state index contributed by atoms with van der Waals surface area (Å²) in [6, 6.07) is 3.93. The van der Waals surface area contributed by atoms with Crippen molar-refractivity contribution in [2.75, 3.05) is 7.11 Å². The Bertz CT molecular complexity index is 908. The van der Waals surface area contributed by atoms with Gasteiger partial charge in [-0.2, -0.15) is 4.39 Å². The van der Waals surface area contributed by atoms with E-state index < -0.39 is 16.4 Å². The Balaban J connectivity index is 1.97. The number of halogens is 1. The van der Waals surface area contributed by atoms with Gasteiger partial charge in [-0.05, 0) is 24.8 Å². The van der Waals surface area contributed by atoms with Gasteiger partial charge >= 0.3 is 5.69 Å². The first-order chi connectivity index (χ1) is 11.5. The van der Waals surface area contributed by atoms with Crippen LogP contribution in [0.5, 0.6) is 5.75 Å². The first-order valence-corrected chi connectivity index (χ1v) is 7.39. The van der Waals surface area contributed by atoms with Crippen LogP contribution >= 0.6 is 11.8 Å². The molecule has 2 aromatic heterocycles. The summed E-state index contributed by atoms with van der Waals surface area (Å²) >= 11 is 0.778. The van der Waals surface area contributed by atoms with Gasteiger partial charge in [-0.1, -0.05) is 0 Å². The fourth-order valence-corrected chi connectivity index (χ4v) is 2.82. The van der Waals surface area contributed by atoms with Gasteiger partial charge in [0.15, 0.2) is 0 Å². The molecule has 1 aromatic carbocycles. The van der Waals surface area contributed by atoms with E-state index in [9.17, 15) is 14.5 Å². The number of nitro groups is 1. The van der Waals surface area contributed by atoms with Crippen LogP contribution in [0.4, 0.5) is 10.1 Å². The maximum absolute atomic E-state index is 13.9. The van der Waals surface area contributed by atoms with E-state index in [1.54, 1.807) is 13.0 Å². The number of nitrogens with zero attached hydrogens (tertiary/aromatic N) is 3. The van der Waals surface area contributed by atoms with Gasteiger partial charge in [0, 0.05) is 12.1 Å². The smallest absolute Gasteiger partial charge is 0.319 e. The molecular formula is C14H10FN3O5S. The maximum Gasteiger partial charge on any atom is 0.319 e. The van der Waals surface area contributed by atoms with Crippen molar-refractivity contribution in [3.63, 3.8) is 0 Å². The summed E-state index contributed by atoms with van der Waals surface area (Å²) < 4.78 is 29.5. The van der Waals surface area contributed by atoms with E-state index in [0.29, 0.717) is 11.3 Å². The van der Waals surface area contributed by atoms with Crippen molar-refractivity contribution in [2.24, 2.45) is 0 Å². The van der Waals surface area contributed by atoms with Gasteiger partial charge in [0.2, 0.25) is 5.82 Å². The van der Waals surface area contributed by atoms with Crippen LogP contribution < -0.4 is 4.74 Å². The second-order valence-corrected chi connectivity index (χ2v) is 5.57. The van der Waals surface area contributed by atoms with E-state index >= 15 is 0 Å². The molecule has 0 aliphatic rings. The van der Waals surface area contributed by atoms with Crippen LogP contribution in [0.1, 0.15) is 5.76 Å². The van der Waals surface area contributed by atoms with Gasteiger partial charge in [0.1, 0.15) is 16.4 Å². The van der Waals surface area contributed by atoms with Crippen LogP contribution in [0.15, 0.2) is 43.4 Å². The molecule has 10 heteroatoms. The molecular weight excluding hydrogens is 341 g/mol. The van der Waals surface area contributed by atoms with Gasteiger partial charge in [-0.25, -0.2) is 0 Å². The van der Waals surface area contributed by atoms with Crippen molar-refractivity contribution >= 4 is 17.4 Å². The van der Waals surface area contributed by atoms with Crippen LogP contribution in [0.25, 0.3) is 11.5 Å². The number of methoxy groups -OCH3 is 1. The number of rotatable bonds is 5. The topological polar surface area (TPSA) is 104 Å². The highest BCUT2D eigenvalue weighted by Gasteiger charge is 2.25. The molecule has 3 rings (SSSR count). The van der Waals surface area contributed by atoms with Crippen molar-refractivity contribution in [2.45, 2.75) is 17.0 Å². The second kappa shape index (κ2) is 6.32. The van der Waals surface area contributed by atoms with Crippen molar-refractivity contribution in [1.29, 1.82) is 0 Å². The summed E-state index contributed by atoms with van der Waals surface area (Å²) in [5.41, 5.74) is -0.0688. The fourth-order valence-electron chi connectivity index (χ4n) is 1.98. The number of benzene rings is 1. The van der Waals surface area contributed by atoms with Gasteiger partial charge in [0.05, 0.1) is 23.9 Å². The normalized spacial score (nSPS) is 10.8. The molecule has 2 heterocycles. The van der Waals surface area contributed by atoms with Crippen molar-refractivity contribution in [3.8, 4) is 17.2 Å². The van der Waals surface area contributed by atoms with Crippen molar-refractivity contribution in [3.05, 3.63) is 46.2 Å². The molecule has 0 radical (unpaired) electrons. The van der Waals surface area contributed by atoms with E-state index in [4.69, 9.17) is 13.6 Å². The highest BCUT2D eigenvalue weighted by Crippen LogP contribution is 2.39.